The maximum atomic E-state index is 11.2. The van der Waals surface area contributed by atoms with E-state index in [2.05, 4.69) is 0 Å². The molecule has 14 heavy (non-hydrogen) atoms. The molecule has 1 heterocycles. The Morgan fingerprint density at radius 2 is 2.07 bits per heavy atom. The Morgan fingerprint density at radius 3 is 2.71 bits per heavy atom. The molecule has 0 radical (unpaired) electrons. The van der Waals surface area contributed by atoms with Crippen molar-refractivity contribution in [3.8, 4) is 0 Å². The molecule has 1 fully saturated rings. The van der Waals surface area contributed by atoms with Crippen molar-refractivity contribution < 1.29 is 9.53 Å². The summed E-state index contributed by atoms with van der Waals surface area (Å²) in [7, 11) is 0. The Hall–Kier alpha value is -0.960. The minimum Gasteiger partial charge on any atom is -0.456 e. The van der Waals surface area contributed by atoms with E-state index in [1.165, 1.54) is 0 Å². The fourth-order valence-electron chi connectivity index (χ4n) is 1.67. The van der Waals surface area contributed by atoms with Gasteiger partial charge in [0, 0.05) is 0 Å². The van der Waals surface area contributed by atoms with Gasteiger partial charge in [-0.3, -0.25) is 4.79 Å². The van der Waals surface area contributed by atoms with E-state index in [0.29, 0.717) is 6.42 Å². The van der Waals surface area contributed by atoms with Gasteiger partial charge in [0.1, 0.15) is 6.10 Å². The second kappa shape index (κ2) is 4.05. The molecule has 2 atom stereocenters. The van der Waals surface area contributed by atoms with Gasteiger partial charge in [-0.25, -0.2) is 0 Å². The van der Waals surface area contributed by atoms with E-state index in [9.17, 15) is 4.79 Å². The molecule has 3 heteroatoms. The summed E-state index contributed by atoms with van der Waals surface area (Å²) in [5, 5.41) is 0.268. The lowest BCUT2D eigenvalue weighted by Crippen LogP contribution is -2.08. The molecule has 0 bridgehead atoms. The highest BCUT2D eigenvalue weighted by Gasteiger charge is 2.34. The lowest BCUT2D eigenvalue weighted by atomic mass is 10.1. The Balaban J connectivity index is 2.22. The number of carbonyl (C=O) groups is 1. The van der Waals surface area contributed by atoms with Crippen LogP contribution < -0.4 is 0 Å². The first-order valence-corrected chi connectivity index (χ1v) is 5.87. The predicted molar refractivity (Wildman–Crippen MR) is 57.2 cm³/mol. The van der Waals surface area contributed by atoms with Crippen molar-refractivity contribution in [3.63, 3.8) is 0 Å². The van der Waals surface area contributed by atoms with Gasteiger partial charge in [0.25, 0.3) is 0 Å². The van der Waals surface area contributed by atoms with E-state index in [0.717, 1.165) is 5.56 Å². The Morgan fingerprint density at radius 1 is 1.36 bits per heavy atom. The van der Waals surface area contributed by atoms with Crippen LogP contribution in [0, 0.1) is 0 Å². The first-order valence-electron chi connectivity index (χ1n) is 4.58. The number of rotatable bonds is 2. The average molecular weight is 208 g/mol. The first-order chi connectivity index (χ1) is 6.81. The van der Waals surface area contributed by atoms with E-state index >= 15 is 0 Å². The fraction of sp³-hybridized carbons (Fsp3) is 0.364. The quantitative estimate of drug-likeness (QED) is 0.698. The number of thioether (sulfide) groups is 1. The molecule has 1 aliphatic heterocycles. The molecule has 2 rings (SSSR count). The molecule has 1 aromatic rings. The molecule has 0 amide bonds. The van der Waals surface area contributed by atoms with Gasteiger partial charge in [0.05, 0.1) is 11.7 Å². The zero-order valence-corrected chi connectivity index (χ0v) is 8.79. The molecule has 1 aromatic carbocycles. The van der Waals surface area contributed by atoms with Gasteiger partial charge in [-0.2, -0.15) is 11.8 Å². The molecular formula is C11H12O2S. The smallest absolute Gasteiger partial charge is 0.307 e. The molecule has 2 nitrogen and oxygen atoms in total. The number of ether oxygens (including phenoxy) is 1. The van der Waals surface area contributed by atoms with Crippen LogP contribution in [-0.4, -0.2) is 17.5 Å². The van der Waals surface area contributed by atoms with Crippen LogP contribution in [0.2, 0.25) is 0 Å². The molecule has 2 unspecified atom stereocenters. The number of cyclic esters (lactones) is 1. The largest absolute Gasteiger partial charge is 0.456 e. The van der Waals surface area contributed by atoms with Crippen molar-refractivity contribution in [2.75, 3.05) is 6.26 Å². The average Bonchev–Trinajstić information content (AvgIpc) is 2.61. The van der Waals surface area contributed by atoms with Crippen LogP contribution in [0.3, 0.4) is 0 Å². The van der Waals surface area contributed by atoms with Gasteiger partial charge in [-0.05, 0) is 11.8 Å². The number of hydrogen-bond acceptors (Lipinski definition) is 3. The number of hydrogen-bond donors (Lipinski definition) is 0. The summed E-state index contributed by atoms with van der Waals surface area (Å²) in [5.74, 6) is -0.0850. The fourth-order valence-corrected chi connectivity index (χ4v) is 2.43. The Kier molecular flexibility index (Phi) is 2.77. The third-order valence-electron chi connectivity index (χ3n) is 2.39. The third kappa shape index (κ3) is 1.77. The van der Waals surface area contributed by atoms with Crippen molar-refractivity contribution >= 4 is 17.7 Å². The zero-order valence-electron chi connectivity index (χ0n) is 7.97. The summed E-state index contributed by atoms with van der Waals surface area (Å²) in [6, 6.07) is 9.92. The molecule has 74 valence electrons. The minimum absolute atomic E-state index is 0.0568. The molecular weight excluding hydrogens is 196 g/mol. The van der Waals surface area contributed by atoms with E-state index in [1.54, 1.807) is 11.8 Å². The van der Waals surface area contributed by atoms with Crippen LogP contribution in [0.4, 0.5) is 0 Å². The topological polar surface area (TPSA) is 26.3 Å². The summed E-state index contributed by atoms with van der Waals surface area (Å²) >= 11 is 1.69. The number of benzene rings is 1. The van der Waals surface area contributed by atoms with Crippen LogP contribution in [0.15, 0.2) is 30.3 Å². The normalized spacial score (nSPS) is 26.2. The van der Waals surface area contributed by atoms with Gasteiger partial charge in [-0.1, -0.05) is 30.3 Å². The van der Waals surface area contributed by atoms with Crippen molar-refractivity contribution in [2.24, 2.45) is 0 Å². The van der Waals surface area contributed by atoms with Crippen molar-refractivity contribution in [1.29, 1.82) is 0 Å². The summed E-state index contributed by atoms with van der Waals surface area (Å²) in [5.41, 5.74) is 1.10. The van der Waals surface area contributed by atoms with E-state index in [1.807, 2.05) is 36.6 Å². The van der Waals surface area contributed by atoms with E-state index in [4.69, 9.17) is 4.74 Å². The predicted octanol–water partition coefficient (Wildman–Crippen LogP) is 2.41. The van der Waals surface area contributed by atoms with Crippen LogP contribution in [-0.2, 0) is 9.53 Å². The summed E-state index contributed by atoms with van der Waals surface area (Å²) in [6.07, 6.45) is 2.49. The van der Waals surface area contributed by atoms with Crippen LogP contribution >= 0.6 is 11.8 Å². The van der Waals surface area contributed by atoms with Gasteiger partial charge in [-0.15, -0.1) is 0 Å². The third-order valence-corrected chi connectivity index (χ3v) is 3.41. The minimum atomic E-state index is -0.0850. The maximum Gasteiger partial charge on any atom is 0.307 e. The van der Waals surface area contributed by atoms with Crippen molar-refractivity contribution in [2.45, 2.75) is 17.8 Å². The van der Waals surface area contributed by atoms with Crippen LogP contribution in [0.25, 0.3) is 0 Å². The monoisotopic (exact) mass is 208 g/mol. The van der Waals surface area contributed by atoms with Crippen LogP contribution in [0.1, 0.15) is 18.1 Å². The zero-order chi connectivity index (χ0) is 9.97. The molecule has 0 aromatic heterocycles. The maximum absolute atomic E-state index is 11.2. The number of carbonyl (C=O) groups excluding carboxylic acids is 1. The highest BCUT2D eigenvalue weighted by atomic mass is 32.2. The van der Waals surface area contributed by atoms with Crippen molar-refractivity contribution in [1.82, 2.24) is 0 Å². The summed E-state index contributed by atoms with van der Waals surface area (Å²) in [4.78, 5) is 11.2. The van der Waals surface area contributed by atoms with E-state index < -0.39 is 0 Å². The SMILES string of the molecule is CSC1CC(=O)OC1c1ccccc1. The van der Waals surface area contributed by atoms with Gasteiger partial charge in [0.2, 0.25) is 0 Å². The second-order valence-corrected chi connectivity index (χ2v) is 4.38. The highest BCUT2D eigenvalue weighted by Crippen LogP contribution is 2.36. The molecule has 0 spiro atoms. The Labute approximate surface area is 87.6 Å². The second-order valence-electron chi connectivity index (χ2n) is 3.30. The van der Waals surface area contributed by atoms with Gasteiger partial charge in [0.15, 0.2) is 0 Å². The molecule has 0 saturated carbocycles. The molecule has 1 aliphatic rings. The van der Waals surface area contributed by atoms with E-state index in [-0.39, 0.29) is 17.3 Å². The van der Waals surface area contributed by atoms with Gasteiger partial charge >= 0.3 is 5.97 Å². The number of esters is 1. The molecule has 0 aliphatic carbocycles. The van der Waals surface area contributed by atoms with Gasteiger partial charge < -0.3 is 4.74 Å². The molecule has 0 N–H and O–H groups in total. The van der Waals surface area contributed by atoms with Crippen molar-refractivity contribution in [3.05, 3.63) is 35.9 Å². The lowest BCUT2D eigenvalue weighted by molar-refractivity contribution is -0.141. The summed E-state index contributed by atoms with van der Waals surface area (Å²) < 4.78 is 5.29. The Bertz CT molecular complexity index is 323. The lowest BCUT2D eigenvalue weighted by Gasteiger charge is -2.15. The summed E-state index contributed by atoms with van der Waals surface area (Å²) in [6.45, 7) is 0. The standard InChI is InChI=1S/C11H12O2S/c1-14-9-7-10(12)13-11(9)8-5-3-2-4-6-8/h2-6,9,11H,7H2,1H3. The van der Waals surface area contributed by atoms with Crippen LogP contribution in [0.5, 0.6) is 0 Å². The first kappa shape index (κ1) is 9.59. The molecule has 1 saturated heterocycles. The highest BCUT2D eigenvalue weighted by molar-refractivity contribution is 7.99.